The molecule has 0 N–H and O–H groups in total. The standard InChI is InChI=1S/C22H21NO2/c1-16(25-21-12-6-10-18-8-4-5-11-20(18)21)22(24)23-14-13-17-7-2-3-9-19(17)15-23/h2-12,16H,13-15H2,1H3. The molecule has 1 unspecified atom stereocenters. The number of ether oxygens (including phenoxy) is 1. The molecule has 0 spiro atoms. The Morgan fingerprint density at radius 1 is 0.960 bits per heavy atom. The molecule has 0 aromatic heterocycles. The van der Waals surface area contributed by atoms with Crippen LogP contribution in [0.3, 0.4) is 0 Å². The van der Waals surface area contributed by atoms with Gasteiger partial charge >= 0.3 is 0 Å². The molecular formula is C22H21NO2. The van der Waals surface area contributed by atoms with E-state index in [2.05, 4.69) is 30.3 Å². The van der Waals surface area contributed by atoms with Crippen molar-refractivity contribution in [3.8, 4) is 5.75 Å². The van der Waals surface area contributed by atoms with Crippen LogP contribution in [0.4, 0.5) is 0 Å². The Morgan fingerprint density at radius 2 is 1.68 bits per heavy atom. The summed E-state index contributed by atoms with van der Waals surface area (Å²) in [5.74, 6) is 0.804. The Bertz CT molecular complexity index is 913. The zero-order valence-electron chi connectivity index (χ0n) is 14.3. The van der Waals surface area contributed by atoms with E-state index in [1.54, 1.807) is 0 Å². The molecule has 1 aliphatic rings. The Hall–Kier alpha value is -2.81. The lowest BCUT2D eigenvalue weighted by Gasteiger charge is -2.31. The second-order valence-corrected chi connectivity index (χ2v) is 6.52. The highest BCUT2D eigenvalue weighted by Gasteiger charge is 2.26. The van der Waals surface area contributed by atoms with E-state index in [1.165, 1.54) is 11.1 Å². The molecule has 0 fully saturated rings. The van der Waals surface area contributed by atoms with E-state index in [-0.39, 0.29) is 5.91 Å². The van der Waals surface area contributed by atoms with Crippen LogP contribution in [0.2, 0.25) is 0 Å². The normalized spacial score (nSPS) is 14.8. The predicted octanol–water partition coefficient (Wildman–Crippen LogP) is 4.19. The number of nitrogens with zero attached hydrogens (tertiary/aromatic N) is 1. The lowest BCUT2D eigenvalue weighted by molar-refractivity contribution is -0.138. The summed E-state index contributed by atoms with van der Waals surface area (Å²) in [6.07, 6.45) is 0.402. The molecule has 0 saturated carbocycles. The number of hydrogen-bond acceptors (Lipinski definition) is 2. The number of fused-ring (bicyclic) bond motifs is 2. The third kappa shape index (κ3) is 3.10. The summed E-state index contributed by atoms with van der Waals surface area (Å²) in [5, 5.41) is 2.15. The topological polar surface area (TPSA) is 29.5 Å². The summed E-state index contributed by atoms with van der Waals surface area (Å²) in [6.45, 7) is 3.25. The van der Waals surface area contributed by atoms with Crippen molar-refractivity contribution in [3.63, 3.8) is 0 Å². The molecule has 0 radical (unpaired) electrons. The summed E-state index contributed by atoms with van der Waals surface area (Å²) in [7, 11) is 0. The average molecular weight is 331 g/mol. The van der Waals surface area contributed by atoms with Gasteiger partial charge in [0.25, 0.3) is 5.91 Å². The summed E-state index contributed by atoms with van der Waals surface area (Å²) in [4.78, 5) is 14.8. The van der Waals surface area contributed by atoms with Gasteiger partial charge in [-0.3, -0.25) is 4.79 Å². The van der Waals surface area contributed by atoms with E-state index in [4.69, 9.17) is 4.74 Å². The minimum Gasteiger partial charge on any atom is -0.480 e. The van der Waals surface area contributed by atoms with Crippen molar-refractivity contribution < 1.29 is 9.53 Å². The first-order chi connectivity index (χ1) is 12.2. The first-order valence-corrected chi connectivity index (χ1v) is 8.72. The molecule has 3 aromatic rings. The smallest absolute Gasteiger partial charge is 0.263 e. The highest BCUT2D eigenvalue weighted by atomic mass is 16.5. The lowest BCUT2D eigenvalue weighted by Crippen LogP contribution is -2.43. The van der Waals surface area contributed by atoms with Crippen molar-refractivity contribution in [3.05, 3.63) is 77.9 Å². The molecule has 1 amide bonds. The number of carbonyl (C=O) groups is 1. The quantitative estimate of drug-likeness (QED) is 0.720. The van der Waals surface area contributed by atoms with Gasteiger partial charge in [0.2, 0.25) is 0 Å². The fourth-order valence-electron chi connectivity index (χ4n) is 3.48. The van der Waals surface area contributed by atoms with Gasteiger partial charge in [0.1, 0.15) is 5.75 Å². The Morgan fingerprint density at radius 3 is 2.56 bits per heavy atom. The third-order valence-electron chi connectivity index (χ3n) is 4.84. The molecule has 0 saturated heterocycles. The number of amides is 1. The first-order valence-electron chi connectivity index (χ1n) is 8.72. The van der Waals surface area contributed by atoms with Crippen molar-refractivity contribution in [1.29, 1.82) is 0 Å². The van der Waals surface area contributed by atoms with Gasteiger partial charge in [0.05, 0.1) is 0 Å². The van der Waals surface area contributed by atoms with Gasteiger partial charge in [0.15, 0.2) is 6.10 Å². The maximum absolute atomic E-state index is 12.8. The Balaban J connectivity index is 1.51. The molecule has 4 rings (SSSR count). The van der Waals surface area contributed by atoms with Gasteiger partial charge in [-0.25, -0.2) is 0 Å². The van der Waals surface area contributed by atoms with E-state index < -0.39 is 6.10 Å². The SMILES string of the molecule is CC(Oc1cccc2ccccc12)C(=O)N1CCc2ccccc2C1. The van der Waals surface area contributed by atoms with E-state index in [9.17, 15) is 4.79 Å². The molecule has 1 heterocycles. The van der Waals surface area contributed by atoms with Gasteiger partial charge in [-0.05, 0) is 35.9 Å². The van der Waals surface area contributed by atoms with Crippen LogP contribution in [0.5, 0.6) is 5.75 Å². The number of hydrogen-bond donors (Lipinski definition) is 0. The zero-order valence-corrected chi connectivity index (χ0v) is 14.3. The molecule has 0 bridgehead atoms. The molecular weight excluding hydrogens is 310 g/mol. The van der Waals surface area contributed by atoms with E-state index in [0.717, 1.165) is 29.5 Å². The fourth-order valence-corrected chi connectivity index (χ4v) is 3.48. The summed E-state index contributed by atoms with van der Waals surface area (Å²) < 4.78 is 6.04. The van der Waals surface area contributed by atoms with Gasteiger partial charge in [0, 0.05) is 18.5 Å². The van der Waals surface area contributed by atoms with E-state index in [0.29, 0.717) is 6.54 Å². The van der Waals surface area contributed by atoms with Crippen LogP contribution >= 0.6 is 0 Å². The molecule has 3 heteroatoms. The maximum atomic E-state index is 12.8. The Labute approximate surface area is 147 Å². The molecule has 126 valence electrons. The van der Waals surface area contributed by atoms with Crippen molar-refractivity contribution in [2.45, 2.75) is 26.0 Å². The summed E-state index contributed by atoms with van der Waals surface area (Å²) in [5.41, 5.74) is 2.58. The predicted molar refractivity (Wildman–Crippen MR) is 99.6 cm³/mol. The molecule has 25 heavy (non-hydrogen) atoms. The van der Waals surface area contributed by atoms with Crippen molar-refractivity contribution in [1.82, 2.24) is 4.90 Å². The molecule has 3 aromatic carbocycles. The minimum atomic E-state index is -0.504. The summed E-state index contributed by atoms with van der Waals surface area (Å²) >= 11 is 0. The molecule has 0 aliphatic carbocycles. The summed E-state index contributed by atoms with van der Waals surface area (Å²) in [6, 6.07) is 22.4. The van der Waals surface area contributed by atoms with Crippen LogP contribution in [-0.4, -0.2) is 23.5 Å². The monoisotopic (exact) mass is 331 g/mol. The van der Waals surface area contributed by atoms with Crippen molar-refractivity contribution in [2.24, 2.45) is 0 Å². The van der Waals surface area contributed by atoms with Crippen molar-refractivity contribution >= 4 is 16.7 Å². The highest BCUT2D eigenvalue weighted by molar-refractivity contribution is 5.89. The van der Waals surface area contributed by atoms with Crippen molar-refractivity contribution in [2.75, 3.05) is 6.54 Å². The van der Waals surface area contributed by atoms with Gasteiger partial charge < -0.3 is 9.64 Å². The molecule has 1 atom stereocenters. The Kier molecular flexibility index (Phi) is 4.14. The number of rotatable bonds is 3. The van der Waals surface area contributed by atoms with Gasteiger partial charge in [-0.2, -0.15) is 0 Å². The van der Waals surface area contributed by atoms with E-state index in [1.807, 2.05) is 48.2 Å². The lowest BCUT2D eigenvalue weighted by atomic mass is 9.99. The molecule has 1 aliphatic heterocycles. The number of carbonyl (C=O) groups excluding carboxylic acids is 1. The van der Waals surface area contributed by atoms with Gasteiger partial charge in [-0.15, -0.1) is 0 Å². The zero-order chi connectivity index (χ0) is 17.2. The second-order valence-electron chi connectivity index (χ2n) is 6.52. The first kappa shape index (κ1) is 15.7. The van der Waals surface area contributed by atoms with Gasteiger partial charge in [-0.1, -0.05) is 60.7 Å². The number of benzene rings is 3. The molecule has 3 nitrogen and oxygen atoms in total. The third-order valence-corrected chi connectivity index (χ3v) is 4.84. The largest absolute Gasteiger partial charge is 0.480 e. The maximum Gasteiger partial charge on any atom is 0.263 e. The minimum absolute atomic E-state index is 0.0439. The van der Waals surface area contributed by atoms with Crippen LogP contribution in [-0.2, 0) is 17.8 Å². The second kappa shape index (κ2) is 6.60. The van der Waals surface area contributed by atoms with Crippen LogP contribution in [0.1, 0.15) is 18.1 Å². The van der Waals surface area contributed by atoms with Crippen LogP contribution in [0, 0.1) is 0 Å². The fraction of sp³-hybridized carbons (Fsp3) is 0.227. The van der Waals surface area contributed by atoms with E-state index >= 15 is 0 Å². The van der Waals surface area contributed by atoms with Crippen LogP contribution < -0.4 is 4.74 Å². The van der Waals surface area contributed by atoms with Crippen LogP contribution in [0.15, 0.2) is 66.7 Å². The highest BCUT2D eigenvalue weighted by Crippen LogP contribution is 2.27. The van der Waals surface area contributed by atoms with Crippen LogP contribution in [0.25, 0.3) is 10.8 Å². The average Bonchev–Trinajstić information content (AvgIpc) is 2.67.